The maximum atomic E-state index is 5.31. The fourth-order valence-corrected chi connectivity index (χ4v) is 0.863. The molecule has 0 radical (unpaired) electrons. The molecule has 2 heterocycles. The molecule has 0 saturated heterocycles. The van der Waals surface area contributed by atoms with Crippen LogP contribution < -0.4 is 5.73 Å². The van der Waals surface area contributed by atoms with E-state index in [9.17, 15) is 0 Å². The van der Waals surface area contributed by atoms with Crippen molar-refractivity contribution >= 4 is 0 Å². The Balaban J connectivity index is 2.36. The van der Waals surface area contributed by atoms with Gasteiger partial charge in [0.05, 0.1) is 6.54 Å². The molecular formula is C7H7N5O. The van der Waals surface area contributed by atoms with Crippen LogP contribution in [-0.4, -0.2) is 20.3 Å². The van der Waals surface area contributed by atoms with E-state index in [1.807, 2.05) is 0 Å². The molecule has 0 bridgehead atoms. The molecule has 2 N–H and O–H groups in total. The summed E-state index contributed by atoms with van der Waals surface area (Å²) in [5.41, 5.74) is 5.88. The van der Waals surface area contributed by atoms with Crippen LogP contribution in [0.1, 0.15) is 5.89 Å². The summed E-state index contributed by atoms with van der Waals surface area (Å²) in [6.07, 6.45) is 1.58. The highest BCUT2D eigenvalue weighted by molar-refractivity contribution is 5.46. The third-order valence-corrected chi connectivity index (χ3v) is 1.44. The Morgan fingerprint density at radius 1 is 1.46 bits per heavy atom. The van der Waals surface area contributed by atoms with Gasteiger partial charge in [-0.1, -0.05) is 5.16 Å². The van der Waals surface area contributed by atoms with Gasteiger partial charge in [-0.2, -0.15) is 10.1 Å². The molecule has 0 unspecified atom stereocenters. The van der Waals surface area contributed by atoms with Gasteiger partial charge < -0.3 is 10.3 Å². The molecule has 0 aromatic carbocycles. The van der Waals surface area contributed by atoms with E-state index in [1.54, 1.807) is 18.3 Å². The van der Waals surface area contributed by atoms with Crippen molar-refractivity contribution in [3.05, 3.63) is 24.2 Å². The van der Waals surface area contributed by atoms with Crippen molar-refractivity contribution < 1.29 is 4.52 Å². The molecule has 0 spiro atoms. The summed E-state index contributed by atoms with van der Waals surface area (Å²) in [4.78, 5) is 3.99. The van der Waals surface area contributed by atoms with Gasteiger partial charge in [0.1, 0.15) is 5.69 Å². The zero-order valence-corrected chi connectivity index (χ0v) is 6.71. The summed E-state index contributed by atoms with van der Waals surface area (Å²) in [6.45, 7) is 0.229. The average molecular weight is 177 g/mol. The molecule has 0 aliphatic carbocycles. The molecule has 2 aromatic heterocycles. The fraction of sp³-hybridized carbons (Fsp3) is 0.143. The SMILES string of the molecule is NCc1nc(-c2cccnn2)no1. The molecule has 13 heavy (non-hydrogen) atoms. The molecule has 0 aliphatic rings. The summed E-state index contributed by atoms with van der Waals surface area (Å²) < 4.78 is 4.81. The maximum absolute atomic E-state index is 5.31. The average Bonchev–Trinajstić information content (AvgIpc) is 2.67. The number of hydrogen-bond acceptors (Lipinski definition) is 6. The smallest absolute Gasteiger partial charge is 0.240 e. The van der Waals surface area contributed by atoms with E-state index in [1.165, 1.54) is 0 Å². The maximum Gasteiger partial charge on any atom is 0.240 e. The van der Waals surface area contributed by atoms with Crippen LogP contribution in [0.4, 0.5) is 0 Å². The first-order chi connectivity index (χ1) is 6.40. The van der Waals surface area contributed by atoms with E-state index in [4.69, 9.17) is 10.3 Å². The molecule has 0 amide bonds. The van der Waals surface area contributed by atoms with Crippen molar-refractivity contribution in [1.29, 1.82) is 0 Å². The Kier molecular flexibility index (Phi) is 1.97. The molecule has 66 valence electrons. The number of rotatable bonds is 2. The Morgan fingerprint density at radius 2 is 2.38 bits per heavy atom. The first kappa shape index (κ1) is 7.81. The van der Waals surface area contributed by atoms with Gasteiger partial charge in [0.2, 0.25) is 11.7 Å². The van der Waals surface area contributed by atoms with E-state index in [0.29, 0.717) is 17.4 Å². The summed E-state index contributed by atoms with van der Waals surface area (Å²) in [7, 11) is 0. The summed E-state index contributed by atoms with van der Waals surface area (Å²) in [6, 6.07) is 3.50. The van der Waals surface area contributed by atoms with E-state index < -0.39 is 0 Å². The van der Waals surface area contributed by atoms with Crippen LogP contribution in [0.2, 0.25) is 0 Å². The van der Waals surface area contributed by atoms with Crippen LogP contribution in [0.15, 0.2) is 22.9 Å². The Hall–Kier alpha value is -1.82. The fourth-order valence-electron chi connectivity index (χ4n) is 0.863. The molecule has 0 fully saturated rings. The van der Waals surface area contributed by atoms with Gasteiger partial charge in [-0.3, -0.25) is 0 Å². The van der Waals surface area contributed by atoms with Gasteiger partial charge in [-0.05, 0) is 12.1 Å². The monoisotopic (exact) mass is 177 g/mol. The third kappa shape index (κ3) is 1.52. The molecule has 2 aromatic rings. The van der Waals surface area contributed by atoms with Crippen molar-refractivity contribution in [3.8, 4) is 11.5 Å². The van der Waals surface area contributed by atoms with Crippen molar-refractivity contribution in [2.24, 2.45) is 5.73 Å². The normalized spacial score (nSPS) is 10.2. The second-order valence-electron chi connectivity index (χ2n) is 2.32. The highest BCUT2D eigenvalue weighted by atomic mass is 16.5. The van der Waals surface area contributed by atoms with Crippen molar-refractivity contribution in [1.82, 2.24) is 20.3 Å². The summed E-state index contributed by atoms with van der Waals surface area (Å²) in [5, 5.41) is 11.2. The van der Waals surface area contributed by atoms with E-state index in [2.05, 4.69) is 20.3 Å². The van der Waals surface area contributed by atoms with Crippen LogP contribution in [0, 0.1) is 0 Å². The van der Waals surface area contributed by atoms with Gasteiger partial charge in [0.25, 0.3) is 0 Å². The molecule has 2 rings (SSSR count). The summed E-state index contributed by atoms with van der Waals surface area (Å²) >= 11 is 0. The van der Waals surface area contributed by atoms with Crippen molar-refractivity contribution in [3.63, 3.8) is 0 Å². The lowest BCUT2D eigenvalue weighted by atomic mass is 10.4. The number of aromatic nitrogens is 4. The Morgan fingerprint density at radius 3 is 3.00 bits per heavy atom. The molecule has 0 aliphatic heterocycles. The topological polar surface area (TPSA) is 90.7 Å². The van der Waals surface area contributed by atoms with Crippen LogP contribution in [0.5, 0.6) is 0 Å². The van der Waals surface area contributed by atoms with Gasteiger partial charge in [-0.25, -0.2) is 0 Å². The second kappa shape index (κ2) is 3.28. The minimum Gasteiger partial charge on any atom is -0.338 e. The number of hydrogen-bond donors (Lipinski definition) is 1. The lowest BCUT2D eigenvalue weighted by Gasteiger charge is -1.87. The highest BCUT2D eigenvalue weighted by Crippen LogP contribution is 2.10. The minimum atomic E-state index is 0.229. The molecule has 6 heteroatoms. The van der Waals surface area contributed by atoms with E-state index in [-0.39, 0.29) is 6.54 Å². The molecular weight excluding hydrogens is 170 g/mol. The predicted molar refractivity (Wildman–Crippen MR) is 43.2 cm³/mol. The van der Waals surface area contributed by atoms with Crippen molar-refractivity contribution in [2.45, 2.75) is 6.54 Å². The minimum absolute atomic E-state index is 0.229. The first-order valence-electron chi connectivity index (χ1n) is 3.71. The highest BCUT2D eigenvalue weighted by Gasteiger charge is 2.07. The zero-order valence-electron chi connectivity index (χ0n) is 6.71. The number of nitrogens with zero attached hydrogens (tertiary/aromatic N) is 4. The standard InChI is InChI=1S/C7H7N5O/c8-4-6-10-7(12-13-6)5-2-1-3-9-11-5/h1-3H,4,8H2. The van der Waals surface area contributed by atoms with Gasteiger partial charge in [-0.15, -0.1) is 5.10 Å². The van der Waals surface area contributed by atoms with Gasteiger partial charge >= 0.3 is 0 Å². The Bertz CT molecular complexity index is 385. The van der Waals surface area contributed by atoms with Crippen LogP contribution in [0.25, 0.3) is 11.5 Å². The Labute approximate surface area is 73.8 Å². The third-order valence-electron chi connectivity index (χ3n) is 1.44. The quantitative estimate of drug-likeness (QED) is 0.693. The summed E-state index contributed by atoms with van der Waals surface area (Å²) in [5.74, 6) is 0.800. The largest absolute Gasteiger partial charge is 0.338 e. The zero-order chi connectivity index (χ0) is 9.10. The predicted octanol–water partition coefficient (Wildman–Crippen LogP) is -0.0147. The van der Waals surface area contributed by atoms with Gasteiger partial charge in [0.15, 0.2) is 0 Å². The van der Waals surface area contributed by atoms with Crippen LogP contribution in [0.3, 0.4) is 0 Å². The molecule has 0 saturated carbocycles. The molecule has 0 atom stereocenters. The lowest BCUT2D eigenvalue weighted by molar-refractivity contribution is 0.380. The first-order valence-corrected chi connectivity index (χ1v) is 3.71. The number of nitrogens with two attached hydrogens (primary N) is 1. The molecule has 6 nitrogen and oxygen atoms in total. The van der Waals surface area contributed by atoms with Crippen LogP contribution in [-0.2, 0) is 6.54 Å². The second-order valence-corrected chi connectivity index (χ2v) is 2.32. The van der Waals surface area contributed by atoms with E-state index >= 15 is 0 Å². The van der Waals surface area contributed by atoms with Gasteiger partial charge in [0, 0.05) is 6.20 Å². The lowest BCUT2D eigenvalue weighted by Crippen LogP contribution is -1.96. The van der Waals surface area contributed by atoms with E-state index in [0.717, 1.165) is 0 Å². The van der Waals surface area contributed by atoms with Crippen LogP contribution >= 0.6 is 0 Å². The van der Waals surface area contributed by atoms with Crippen molar-refractivity contribution in [2.75, 3.05) is 0 Å².